The van der Waals surface area contributed by atoms with Crippen LogP contribution in [0.3, 0.4) is 0 Å². The molecule has 0 spiro atoms. The molecule has 0 fully saturated rings. The van der Waals surface area contributed by atoms with Crippen molar-refractivity contribution >= 4 is 39.9 Å². The van der Waals surface area contributed by atoms with E-state index in [4.69, 9.17) is 17.0 Å². The number of unbranched alkanes of at least 4 members (excludes halogenated alkanes) is 4. The van der Waals surface area contributed by atoms with Gasteiger partial charge in [0.2, 0.25) is 5.91 Å². The minimum Gasteiger partial charge on any atom is -0.484 e. The van der Waals surface area contributed by atoms with Gasteiger partial charge in [0.25, 0.3) is 5.91 Å². The third kappa shape index (κ3) is 7.92. The van der Waals surface area contributed by atoms with Crippen molar-refractivity contribution in [3.8, 4) is 5.75 Å². The van der Waals surface area contributed by atoms with Crippen molar-refractivity contribution in [2.75, 3.05) is 6.61 Å². The number of benzene rings is 2. The molecule has 28 heavy (non-hydrogen) atoms. The van der Waals surface area contributed by atoms with E-state index in [1.165, 1.54) is 12.8 Å². The fraction of sp³-hybridized carbons (Fsp3) is 0.381. The molecule has 0 saturated carbocycles. The van der Waals surface area contributed by atoms with Crippen LogP contribution in [0.1, 0.15) is 45.4 Å². The highest BCUT2D eigenvalue weighted by atomic mass is 32.1. The number of carbonyl (C=O) groups excluding carboxylic acids is 2. The van der Waals surface area contributed by atoms with E-state index in [-0.39, 0.29) is 17.6 Å². The molecule has 0 aromatic heterocycles. The first kappa shape index (κ1) is 21.6. The number of carbonyl (C=O) groups is 2. The molecule has 2 aromatic rings. The van der Waals surface area contributed by atoms with Crippen molar-refractivity contribution < 1.29 is 14.3 Å². The van der Waals surface area contributed by atoms with Crippen LogP contribution in [0.15, 0.2) is 42.5 Å². The zero-order chi connectivity index (χ0) is 20.2. The van der Waals surface area contributed by atoms with Gasteiger partial charge >= 0.3 is 0 Å². The average Bonchev–Trinajstić information content (AvgIpc) is 2.70. The highest BCUT2D eigenvalue weighted by molar-refractivity contribution is 7.80. The first-order chi connectivity index (χ1) is 13.6. The van der Waals surface area contributed by atoms with Gasteiger partial charge in [-0.05, 0) is 41.5 Å². The van der Waals surface area contributed by atoms with E-state index in [1.807, 2.05) is 42.5 Å². The van der Waals surface area contributed by atoms with Crippen molar-refractivity contribution in [3.05, 3.63) is 42.5 Å². The average molecular weight is 402 g/mol. The predicted octanol–water partition coefficient (Wildman–Crippen LogP) is 3.60. The molecule has 2 aromatic carbocycles. The summed E-state index contributed by atoms with van der Waals surface area (Å²) >= 11 is 5.00. The van der Waals surface area contributed by atoms with E-state index in [2.05, 4.69) is 23.1 Å². The lowest BCUT2D eigenvalue weighted by molar-refractivity contribution is -0.124. The molecule has 0 bridgehead atoms. The summed E-state index contributed by atoms with van der Waals surface area (Å²) in [6.07, 6.45) is 5.79. The van der Waals surface area contributed by atoms with E-state index in [0.29, 0.717) is 12.2 Å². The van der Waals surface area contributed by atoms with E-state index in [9.17, 15) is 9.59 Å². The Labute approximate surface area is 171 Å². The second-order valence-electron chi connectivity index (χ2n) is 6.51. The van der Waals surface area contributed by atoms with E-state index >= 15 is 0 Å². The lowest BCUT2D eigenvalue weighted by Gasteiger charge is -2.11. The van der Waals surface area contributed by atoms with Gasteiger partial charge in [-0.15, -0.1) is 0 Å². The first-order valence-electron chi connectivity index (χ1n) is 9.58. The van der Waals surface area contributed by atoms with Crippen LogP contribution in [-0.4, -0.2) is 23.5 Å². The molecule has 6 nitrogen and oxygen atoms in total. The molecule has 7 heteroatoms. The largest absolute Gasteiger partial charge is 0.484 e. The predicted molar refractivity (Wildman–Crippen MR) is 115 cm³/mol. The molecule has 0 aliphatic carbocycles. The van der Waals surface area contributed by atoms with Crippen LogP contribution in [0.5, 0.6) is 5.75 Å². The molecule has 0 aliphatic rings. The number of fused-ring (bicyclic) bond motifs is 1. The van der Waals surface area contributed by atoms with Gasteiger partial charge in [-0.2, -0.15) is 0 Å². The Balaban J connectivity index is 1.63. The summed E-state index contributed by atoms with van der Waals surface area (Å²) in [5, 5.41) is 4.76. The Bertz CT molecular complexity index is 810. The first-order valence-corrected chi connectivity index (χ1v) is 9.99. The van der Waals surface area contributed by atoms with Gasteiger partial charge in [0.05, 0.1) is 0 Å². The fourth-order valence-electron chi connectivity index (χ4n) is 2.68. The van der Waals surface area contributed by atoms with Gasteiger partial charge in [-0.1, -0.05) is 62.9 Å². The lowest BCUT2D eigenvalue weighted by atomic mass is 10.1. The molecule has 0 atom stereocenters. The lowest BCUT2D eigenvalue weighted by Crippen LogP contribution is -2.49. The standard InChI is InChI=1S/C21H27N3O3S/c1-2-3-4-5-6-11-19(25)22-21(28)24-23-20(26)15-27-18-13-12-16-9-7-8-10-17(16)14-18/h7-10,12-14H,2-6,11,15H2,1H3,(H,23,26)(H2,22,24,25,28). The Kier molecular flexibility index (Phi) is 9.21. The van der Waals surface area contributed by atoms with Crippen molar-refractivity contribution in [2.45, 2.75) is 45.4 Å². The second-order valence-corrected chi connectivity index (χ2v) is 6.92. The maximum Gasteiger partial charge on any atom is 0.276 e. The SMILES string of the molecule is CCCCCCCC(=O)NC(=S)NNC(=O)COc1ccc2ccccc2c1. The van der Waals surface area contributed by atoms with Crippen LogP contribution in [0, 0.1) is 0 Å². The van der Waals surface area contributed by atoms with Gasteiger partial charge in [-0.25, -0.2) is 0 Å². The fourth-order valence-corrected chi connectivity index (χ4v) is 2.84. The molecule has 2 amide bonds. The summed E-state index contributed by atoms with van der Waals surface area (Å²) in [6.45, 7) is 1.98. The molecule has 0 saturated heterocycles. The van der Waals surface area contributed by atoms with Gasteiger partial charge in [-0.3, -0.25) is 20.4 Å². The minimum absolute atomic E-state index is 0.0672. The van der Waals surface area contributed by atoms with Crippen LogP contribution >= 0.6 is 12.2 Å². The molecule has 0 heterocycles. The topological polar surface area (TPSA) is 79.5 Å². The van der Waals surface area contributed by atoms with E-state index in [1.54, 1.807) is 0 Å². The molecule has 0 radical (unpaired) electrons. The number of ether oxygens (including phenoxy) is 1. The van der Waals surface area contributed by atoms with Gasteiger partial charge in [0.15, 0.2) is 11.7 Å². The van der Waals surface area contributed by atoms with E-state index < -0.39 is 5.91 Å². The molecule has 3 N–H and O–H groups in total. The minimum atomic E-state index is -0.399. The summed E-state index contributed by atoms with van der Waals surface area (Å²) in [5.41, 5.74) is 4.92. The molecular weight excluding hydrogens is 374 g/mol. The van der Waals surface area contributed by atoms with Crippen molar-refractivity contribution in [2.24, 2.45) is 0 Å². The van der Waals surface area contributed by atoms with Gasteiger partial charge in [0.1, 0.15) is 5.75 Å². The van der Waals surface area contributed by atoms with Crippen LogP contribution in [0.2, 0.25) is 0 Å². The van der Waals surface area contributed by atoms with Crippen LogP contribution in [0.4, 0.5) is 0 Å². The van der Waals surface area contributed by atoms with Crippen LogP contribution in [0.25, 0.3) is 10.8 Å². The number of hydrazine groups is 1. The third-order valence-electron chi connectivity index (χ3n) is 4.17. The smallest absolute Gasteiger partial charge is 0.276 e. The quantitative estimate of drug-likeness (QED) is 0.340. The summed E-state index contributed by atoms with van der Waals surface area (Å²) in [4.78, 5) is 23.6. The molecule has 2 rings (SSSR count). The summed E-state index contributed by atoms with van der Waals surface area (Å²) in [7, 11) is 0. The number of thiocarbonyl (C=S) groups is 1. The summed E-state index contributed by atoms with van der Waals surface area (Å²) < 4.78 is 5.49. The van der Waals surface area contributed by atoms with Crippen molar-refractivity contribution in [1.82, 2.24) is 16.2 Å². The third-order valence-corrected chi connectivity index (χ3v) is 4.37. The van der Waals surface area contributed by atoms with Crippen LogP contribution < -0.4 is 20.9 Å². The molecule has 0 unspecified atom stereocenters. The number of hydrogen-bond donors (Lipinski definition) is 3. The zero-order valence-electron chi connectivity index (χ0n) is 16.1. The molecular formula is C21H27N3O3S. The number of nitrogens with one attached hydrogen (secondary N) is 3. The van der Waals surface area contributed by atoms with Gasteiger partial charge in [0, 0.05) is 6.42 Å². The van der Waals surface area contributed by atoms with Crippen LogP contribution in [-0.2, 0) is 9.59 Å². The Morgan fingerprint density at radius 3 is 2.46 bits per heavy atom. The summed E-state index contributed by atoms with van der Waals surface area (Å²) in [5.74, 6) is 0.0489. The Hall–Kier alpha value is -2.67. The maximum atomic E-state index is 11.9. The van der Waals surface area contributed by atoms with E-state index in [0.717, 1.165) is 30.0 Å². The molecule has 150 valence electrons. The zero-order valence-corrected chi connectivity index (χ0v) is 16.9. The van der Waals surface area contributed by atoms with Gasteiger partial charge < -0.3 is 10.1 Å². The number of amides is 2. The summed E-state index contributed by atoms with van der Waals surface area (Å²) in [6, 6.07) is 13.5. The Morgan fingerprint density at radius 1 is 0.929 bits per heavy atom. The number of rotatable bonds is 9. The monoisotopic (exact) mass is 401 g/mol. The highest BCUT2D eigenvalue weighted by Gasteiger charge is 2.07. The van der Waals surface area contributed by atoms with Crippen molar-refractivity contribution in [1.29, 1.82) is 0 Å². The normalized spacial score (nSPS) is 10.3. The maximum absolute atomic E-state index is 11.9. The Morgan fingerprint density at radius 2 is 1.68 bits per heavy atom. The van der Waals surface area contributed by atoms with Crippen molar-refractivity contribution in [3.63, 3.8) is 0 Å². The number of hydrogen-bond acceptors (Lipinski definition) is 4. The highest BCUT2D eigenvalue weighted by Crippen LogP contribution is 2.20. The second kappa shape index (κ2) is 11.9. The molecule has 0 aliphatic heterocycles.